The molecule has 0 aliphatic carbocycles. The van der Waals surface area contributed by atoms with E-state index >= 15 is 0 Å². The van der Waals surface area contributed by atoms with Crippen LogP contribution in [0.1, 0.15) is 13.8 Å². The zero-order chi connectivity index (χ0) is 19.4. The van der Waals surface area contributed by atoms with Crippen LogP contribution < -0.4 is 10.1 Å². The zero-order valence-electron chi connectivity index (χ0n) is 14.6. The number of carbonyl (C=O) groups is 2. The van der Waals surface area contributed by atoms with Crippen molar-refractivity contribution in [3.8, 4) is 11.5 Å². The lowest BCUT2D eigenvalue weighted by atomic mass is 10.3. The summed E-state index contributed by atoms with van der Waals surface area (Å²) in [5, 5.41) is 20.2. The minimum Gasteiger partial charge on any atom is -0.508 e. The number of hydrogen-bond donors (Lipinski definition) is 2. The van der Waals surface area contributed by atoms with Crippen LogP contribution in [0, 0.1) is 0 Å². The molecule has 0 aromatic heterocycles. The van der Waals surface area contributed by atoms with E-state index < -0.39 is 0 Å². The third kappa shape index (κ3) is 6.80. The molecule has 0 aliphatic heterocycles. The van der Waals surface area contributed by atoms with Gasteiger partial charge in [0.05, 0.1) is 24.6 Å². The number of phenols is 2. The number of hydrogen-bond acceptors (Lipinski definition) is 6. The minimum absolute atomic E-state index is 0.158. The Bertz CT molecular complexity index is 601. The number of hydroxylamine groups is 2. The van der Waals surface area contributed by atoms with Crippen molar-refractivity contribution in [2.75, 3.05) is 23.3 Å². The fourth-order valence-corrected chi connectivity index (χ4v) is 1.81. The fraction of sp³-hybridized carbons (Fsp3) is 0.222. The largest absolute Gasteiger partial charge is 0.508 e. The summed E-state index contributed by atoms with van der Waals surface area (Å²) < 4.78 is 0. The molecule has 140 valence electrons. The first kappa shape index (κ1) is 20.9. The highest BCUT2D eigenvalue weighted by molar-refractivity contribution is 5.72. The van der Waals surface area contributed by atoms with Crippen LogP contribution in [0.2, 0.25) is 0 Å². The van der Waals surface area contributed by atoms with Crippen LogP contribution >= 0.6 is 0 Å². The van der Waals surface area contributed by atoms with Crippen LogP contribution in [0.5, 0.6) is 11.5 Å². The SMILES string of the molecule is CCON(C=O)c1ccc(O)cc1.CCON(C=O)c1ccc(O)cc1. The Labute approximate surface area is 151 Å². The molecule has 0 saturated carbocycles. The van der Waals surface area contributed by atoms with Crippen LogP contribution in [-0.4, -0.2) is 36.2 Å². The van der Waals surface area contributed by atoms with E-state index in [1.807, 2.05) is 0 Å². The van der Waals surface area contributed by atoms with Crippen molar-refractivity contribution in [2.45, 2.75) is 13.8 Å². The summed E-state index contributed by atoms with van der Waals surface area (Å²) in [7, 11) is 0. The first-order valence-corrected chi connectivity index (χ1v) is 7.88. The normalized spacial score (nSPS) is 9.62. The Balaban J connectivity index is 0.000000260. The van der Waals surface area contributed by atoms with Crippen molar-refractivity contribution < 1.29 is 29.5 Å². The van der Waals surface area contributed by atoms with Crippen LogP contribution in [0.3, 0.4) is 0 Å². The molecule has 0 spiro atoms. The number of anilines is 2. The van der Waals surface area contributed by atoms with E-state index in [4.69, 9.17) is 19.9 Å². The van der Waals surface area contributed by atoms with E-state index in [1.54, 1.807) is 38.1 Å². The first-order chi connectivity index (χ1) is 12.5. The van der Waals surface area contributed by atoms with Gasteiger partial charge in [0.25, 0.3) is 0 Å². The number of nitrogens with zero attached hydrogens (tertiary/aromatic N) is 2. The Morgan fingerprint density at radius 2 is 1.04 bits per heavy atom. The predicted octanol–water partition coefficient (Wildman–Crippen LogP) is 2.61. The highest BCUT2D eigenvalue weighted by Crippen LogP contribution is 2.18. The van der Waals surface area contributed by atoms with E-state index in [0.717, 1.165) is 10.1 Å². The van der Waals surface area contributed by atoms with Gasteiger partial charge in [0, 0.05) is 0 Å². The molecule has 2 amide bonds. The highest BCUT2D eigenvalue weighted by Gasteiger charge is 2.04. The topological polar surface area (TPSA) is 99.5 Å². The minimum atomic E-state index is 0.158. The van der Waals surface area contributed by atoms with Crippen molar-refractivity contribution in [1.82, 2.24) is 0 Å². The Kier molecular flexibility index (Phi) is 9.23. The number of phenolic OH excluding ortho intramolecular Hbond substituents is 2. The molecule has 0 radical (unpaired) electrons. The second-order valence-corrected chi connectivity index (χ2v) is 4.73. The van der Waals surface area contributed by atoms with Gasteiger partial charge in [-0.1, -0.05) is 0 Å². The summed E-state index contributed by atoms with van der Waals surface area (Å²) >= 11 is 0. The summed E-state index contributed by atoms with van der Waals surface area (Å²) in [6.07, 6.45) is 1.16. The average molecular weight is 362 g/mol. The molecule has 26 heavy (non-hydrogen) atoms. The van der Waals surface area contributed by atoms with E-state index in [2.05, 4.69) is 0 Å². The summed E-state index contributed by atoms with van der Waals surface area (Å²) in [4.78, 5) is 31.0. The van der Waals surface area contributed by atoms with Gasteiger partial charge in [-0.2, -0.15) is 10.1 Å². The summed E-state index contributed by atoms with van der Waals surface area (Å²) in [6.45, 7) is 4.41. The number of benzene rings is 2. The Morgan fingerprint density at radius 1 is 0.731 bits per heavy atom. The third-order valence-corrected chi connectivity index (χ3v) is 2.94. The summed E-state index contributed by atoms with van der Waals surface area (Å²) in [6, 6.07) is 12.4. The van der Waals surface area contributed by atoms with Gasteiger partial charge in [0.15, 0.2) is 0 Å². The first-order valence-electron chi connectivity index (χ1n) is 7.88. The van der Waals surface area contributed by atoms with Crippen molar-refractivity contribution in [3.63, 3.8) is 0 Å². The van der Waals surface area contributed by atoms with Crippen LogP contribution in [-0.2, 0) is 19.3 Å². The van der Waals surface area contributed by atoms with Crippen LogP contribution in [0.15, 0.2) is 48.5 Å². The van der Waals surface area contributed by atoms with Gasteiger partial charge in [0.1, 0.15) is 11.5 Å². The van der Waals surface area contributed by atoms with Gasteiger partial charge in [-0.3, -0.25) is 19.3 Å². The molecule has 2 rings (SSSR count). The van der Waals surface area contributed by atoms with Gasteiger partial charge >= 0.3 is 0 Å². The van der Waals surface area contributed by atoms with Gasteiger partial charge in [0.2, 0.25) is 12.8 Å². The Hall–Kier alpha value is -3.10. The molecule has 0 bridgehead atoms. The molecule has 2 aromatic carbocycles. The second-order valence-electron chi connectivity index (χ2n) is 4.73. The molecule has 0 atom stereocenters. The molecule has 0 unspecified atom stereocenters. The quantitative estimate of drug-likeness (QED) is 0.553. The number of amides is 2. The van der Waals surface area contributed by atoms with Gasteiger partial charge in [-0.25, -0.2) is 0 Å². The predicted molar refractivity (Wildman–Crippen MR) is 96.6 cm³/mol. The smallest absolute Gasteiger partial charge is 0.238 e. The molecule has 0 fully saturated rings. The second kappa shape index (κ2) is 11.5. The molecular formula is C18H22N2O6. The lowest BCUT2D eigenvalue weighted by Crippen LogP contribution is -2.20. The summed E-state index contributed by atoms with van der Waals surface area (Å²) in [5.74, 6) is 0.317. The molecular weight excluding hydrogens is 340 g/mol. The molecule has 8 nitrogen and oxygen atoms in total. The lowest BCUT2D eigenvalue weighted by Gasteiger charge is -2.15. The average Bonchev–Trinajstić information content (AvgIpc) is 2.66. The third-order valence-electron chi connectivity index (χ3n) is 2.94. The van der Waals surface area contributed by atoms with Gasteiger partial charge in [-0.15, -0.1) is 0 Å². The number of aromatic hydroxyl groups is 2. The van der Waals surface area contributed by atoms with Crippen molar-refractivity contribution in [1.29, 1.82) is 0 Å². The van der Waals surface area contributed by atoms with Gasteiger partial charge < -0.3 is 10.2 Å². The summed E-state index contributed by atoms with van der Waals surface area (Å²) in [5.41, 5.74) is 1.18. The Morgan fingerprint density at radius 3 is 1.27 bits per heavy atom. The van der Waals surface area contributed by atoms with E-state index in [0.29, 0.717) is 37.4 Å². The van der Waals surface area contributed by atoms with Crippen molar-refractivity contribution in [3.05, 3.63) is 48.5 Å². The zero-order valence-corrected chi connectivity index (χ0v) is 14.6. The van der Waals surface area contributed by atoms with Crippen molar-refractivity contribution in [2.24, 2.45) is 0 Å². The van der Waals surface area contributed by atoms with E-state index in [-0.39, 0.29) is 11.5 Å². The standard InChI is InChI=1S/2C9H11NO3/c2*1-2-13-10(7-11)8-3-5-9(12)6-4-8/h2*3-7,12H,2H2,1H3. The van der Waals surface area contributed by atoms with Crippen molar-refractivity contribution >= 4 is 24.2 Å². The van der Waals surface area contributed by atoms with E-state index in [1.165, 1.54) is 24.3 Å². The maximum absolute atomic E-state index is 10.5. The van der Waals surface area contributed by atoms with Crippen LogP contribution in [0.25, 0.3) is 0 Å². The fourth-order valence-electron chi connectivity index (χ4n) is 1.81. The number of carbonyl (C=O) groups excluding carboxylic acids is 2. The molecule has 2 N–H and O–H groups in total. The molecule has 8 heteroatoms. The maximum Gasteiger partial charge on any atom is 0.238 e. The lowest BCUT2D eigenvalue weighted by molar-refractivity contribution is -0.114. The number of rotatable bonds is 8. The van der Waals surface area contributed by atoms with Gasteiger partial charge in [-0.05, 0) is 62.4 Å². The molecule has 0 heterocycles. The monoisotopic (exact) mass is 362 g/mol. The highest BCUT2D eigenvalue weighted by atomic mass is 16.7. The molecule has 0 saturated heterocycles. The molecule has 2 aromatic rings. The van der Waals surface area contributed by atoms with E-state index in [9.17, 15) is 9.59 Å². The maximum atomic E-state index is 10.5. The van der Waals surface area contributed by atoms with Crippen LogP contribution in [0.4, 0.5) is 11.4 Å². The molecule has 0 aliphatic rings.